The second-order valence-corrected chi connectivity index (χ2v) is 9.41. The van der Waals surface area contributed by atoms with Crippen molar-refractivity contribution >= 4 is 10.9 Å². The zero-order chi connectivity index (χ0) is 22.9. The minimum absolute atomic E-state index is 0.126. The first-order chi connectivity index (χ1) is 16.1. The maximum absolute atomic E-state index is 13.4. The molecule has 33 heavy (non-hydrogen) atoms. The first kappa shape index (κ1) is 21.9. The van der Waals surface area contributed by atoms with Gasteiger partial charge in [0, 0.05) is 23.6 Å². The minimum Gasteiger partial charge on any atom is -0.493 e. The van der Waals surface area contributed by atoms with Gasteiger partial charge in [-0.1, -0.05) is 19.8 Å². The summed E-state index contributed by atoms with van der Waals surface area (Å²) >= 11 is 0. The number of hydrogen-bond acceptors (Lipinski definition) is 7. The first-order valence-electron chi connectivity index (χ1n) is 11.9. The number of likely N-dealkylation sites (tertiary alicyclic amines) is 1. The number of pyridine rings is 1. The lowest BCUT2D eigenvalue weighted by atomic mass is 9.95. The van der Waals surface area contributed by atoms with Crippen molar-refractivity contribution in [1.82, 2.24) is 30.1 Å². The van der Waals surface area contributed by atoms with Gasteiger partial charge in [0.1, 0.15) is 6.04 Å². The highest BCUT2D eigenvalue weighted by molar-refractivity contribution is 5.83. The number of fused-ring (bicyclic) bond motifs is 1. The Bertz CT molecular complexity index is 1180. The fraction of sp³-hybridized carbons (Fsp3) is 0.583. The Balaban J connectivity index is 1.66. The third-order valence-corrected chi connectivity index (χ3v) is 7.16. The Morgan fingerprint density at radius 3 is 2.55 bits per heavy atom. The number of ether oxygens (including phenoxy) is 2. The van der Waals surface area contributed by atoms with Crippen LogP contribution in [-0.2, 0) is 0 Å². The molecule has 1 aromatic carbocycles. The minimum atomic E-state index is -0.301. The topological polar surface area (TPSA) is 98.2 Å². The highest BCUT2D eigenvalue weighted by atomic mass is 16.5. The number of nitrogens with one attached hydrogen (secondary N) is 1. The van der Waals surface area contributed by atoms with Crippen molar-refractivity contribution in [3.05, 3.63) is 39.9 Å². The summed E-state index contributed by atoms with van der Waals surface area (Å²) in [4.78, 5) is 18.9. The Labute approximate surface area is 193 Å². The van der Waals surface area contributed by atoms with Gasteiger partial charge >= 0.3 is 0 Å². The van der Waals surface area contributed by atoms with Crippen LogP contribution in [0.3, 0.4) is 0 Å². The van der Waals surface area contributed by atoms with Crippen LogP contribution in [0.4, 0.5) is 0 Å². The van der Waals surface area contributed by atoms with E-state index < -0.39 is 0 Å². The van der Waals surface area contributed by atoms with E-state index in [2.05, 4.69) is 32.3 Å². The van der Waals surface area contributed by atoms with E-state index >= 15 is 0 Å². The van der Waals surface area contributed by atoms with Crippen molar-refractivity contribution in [2.24, 2.45) is 5.92 Å². The molecular formula is C24H32N6O3. The summed E-state index contributed by atoms with van der Waals surface area (Å²) in [5.74, 6) is 2.53. The van der Waals surface area contributed by atoms with Gasteiger partial charge in [-0.25, -0.2) is 4.68 Å². The average Bonchev–Trinajstić information content (AvgIpc) is 3.51. The molecule has 0 amide bonds. The van der Waals surface area contributed by atoms with E-state index in [9.17, 15) is 4.79 Å². The SMILES string of the molecule is COc1cc2cc([C@H](c3nnnn3C3CCCC3)N3CCC[C@@H](C)C3)c(=O)[nH]c2cc1OC. The van der Waals surface area contributed by atoms with Crippen molar-refractivity contribution < 1.29 is 9.47 Å². The number of aromatic amines is 1. The Morgan fingerprint density at radius 2 is 1.82 bits per heavy atom. The summed E-state index contributed by atoms with van der Waals surface area (Å²) in [7, 11) is 3.20. The molecule has 0 radical (unpaired) electrons. The molecule has 2 aliphatic rings. The van der Waals surface area contributed by atoms with Crippen LogP contribution in [0, 0.1) is 5.92 Å². The van der Waals surface area contributed by atoms with Crippen LogP contribution in [0.2, 0.25) is 0 Å². The van der Waals surface area contributed by atoms with E-state index in [4.69, 9.17) is 9.47 Å². The van der Waals surface area contributed by atoms with Gasteiger partial charge in [-0.3, -0.25) is 9.69 Å². The van der Waals surface area contributed by atoms with Gasteiger partial charge in [0.2, 0.25) is 0 Å². The zero-order valence-electron chi connectivity index (χ0n) is 19.6. The number of tetrazole rings is 1. The van der Waals surface area contributed by atoms with Crippen LogP contribution < -0.4 is 15.0 Å². The van der Waals surface area contributed by atoms with Crippen molar-refractivity contribution in [1.29, 1.82) is 0 Å². The smallest absolute Gasteiger partial charge is 0.253 e. The Morgan fingerprint density at radius 1 is 1.06 bits per heavy atom. The molecular weight excluding hydrogens is 420 g/mol. The summed E-state index contributed by atoms with van der Waals surface area (Å²) < 4.78 is 12.9. The van der Waals surface area contributed by atoms with E-state index in [1.165, 1.54) is 19.3 Å². The number of aromatic nitrogens is 5. The lowest BCUT2D eigenvalue weighted by Gasteiger charge is -2.36. The highest BCUT2D eigenvalue weighted by Crippen LogP contribution is 2.36. The van der Waals surface area contributed by atoms with Gasteiger partial charge in [-0.2, -0.15) is 0 Å². The van der Waals surface area contributed by atoms with Gasteiger partial charge < -0.3 is 14.5 Å². The molecule has 2 atom stereocenters. The predicted octanol–water partition coefficient (Wildman–Crippen LogP) is 3.47. The molecule has 3 heterocycles. The van der Waals surface area contributed by atoms with E-state index in [0.29, 0.717) is 34.5 Å². The largest absolute Gasteiger partial charge is 0.493 e. The molecule has 1 saturated heterocycles. The molecule has 2 fully saturated rings. The van der Waals surface area contributed by atoms with Crippen LogP contribution in [0.1, 0.15) is 68.9 Å². The third-order valence-electron chi connectivity index (χ3n) is 7.16. The third kappa shape index (κ3) is 4.10. The number of H-pyrrole nitrogens is 1. The van der Waals surface area contributed by atoms with Gasteiger partial charge in [0.05, 0.1) is 25.8 Å². The predicted molar refractivity (Wildman–Crippen MR) is 125 cm³/mol. The molecule has 0 bridgehead atoms. The van der Waals surface area contributed by atoms with Crippen LogP contribution in [0.5, 0.6) is 11.5 Å². The summed E-state index contributed by atoms with van der Waals surface area (Å²) in [6, 6.07) is 5.67. The van der Waals surface area contributed by atoms with E-state index in [-0.39, 0.29) is 11.6 Å². The average molecular weight is 453 g/mol. The molecule has 1 N–H and O–H groups in total. The molecule has 9 nitrogen and oxygen atoms in total. The van der Waals surface area contributed by atoms with Crippen LogP contribution >= 0.6 is 0 Å². The summed E-state index contributed by atoms with van der Waals surface area (Å²) in [5.41, 5.74) is 1.25. The van der Waals surface area contributed by atoms with E-state index in [1.54, 1.807) is 20.3 Å². The summed E-state index contributed by atoms with van der Waals surface area (Å²) in [6.07, 6.45) is 6.82. The molecule has 3 aromatic rings. The molecule has 1 aliphatic carbocycles. The summed E-state index contributed by atoms with van der Waals surface area (Å²) in [6.45, 7) is 4.09. The molecule has 1 saturated carbocycles. The standard InChI is InChI=1S/C24H32N6O3/c1-15-7-6-10-29(14-15)22(23-26-27-28-30(23)17-8-4-5-9-17)18-11-16-12-20(32-2)21(33-3)13-19(16)25-24(18)31/h11-13,15,17,22H,4-10,14H2,1-3H3,(H,25,31)/t15-,22-/m1/s1. The number of hydrogen-bond donors (Lipinski definition) is 1. The number of rotatable bonds is 6. The number of nitrogens with zero attached hydrogens (tertiary/aromatic N) is 5. The van der Waals surface area contributed by atoms with Crippen molar-refractivity contribution in [3.63, 3.8) is 0 Å². The first-order valence-corrected chi connectivity index (χ1v) is 11.9. The Hall–Kier alpha value is -2.94. The van der Waals surface area contributed by atoms with Gasteiger partial charge in [-0.15, -0.1) is 5.10 Å². The maximum atomic E-state index is 13.4. The fourth-order valence-corrected chi connectivity index (χ4v) is 5.50. The number of methoxy groups -OCH3 is 2. The van der Waals surface area contributed by atoms with Crippen molar-refractivity contribution in [2.45, 2.75) is 57.5 Å². The van der Waals surface area contributed by atoms with E-state index in [1.807, 2.05) is 16.8 Å². The van der Waals surface area contributed by atoms with Crippen LogP contribution in [-0.4, -0.2) is 57.4 Å². The quantitative estimate of drug-likeness (QED) is 0.611. The fourth-order valence-electron chi connectivity index (χ4n) is 5.50. The van der Waals surface area contributed by atoms with Crippen molar-refractivity contribution in [2.75, 3.05) is 27.3 Å². The Kier molecular flexibility index (Phi) is 6.05. The second kappa shape index (κ2) is 9.13. The normalized spacial score (nSPS) is 20.9. The summed E-state index contributed by atoms with van der Waals surface area (Å²) in [5, 5.41) is 13.8. The lowest BCUT2D eigenvalue weighted by Crippen LogP contribution is -2.41. The molecule has 2 aromatic heterocycles. The van der Waals surface area contributed by atoms with E-state index in [0.717, 1.165) is 43.6 Å². The second-order valence-electron chi connectivity index (χ2n) is 9.41. The zero-order valence-corrected chi connectivity index (χ0v) is 19.6. The van der Waals surface area contributed by atoms with Crippen LogP contribution in [0.15, 0.2) is 23.0 Å². The number of benzene rings is 1. The monoisotopic (exact) mass is 452 g/mol. The molecule has 1 aliphatic heterocycles. The lowest BCUT2D eigenvalue weighted by molar-refractivity contribution is 0.139. The van der Waals surface area contributed by atoms with Crippen LogP contribution in [0.25, 0.3) is 10.9 Å². The molecule has 0 unspecified atom stereocenters. The highest BCUT2D eigenvalue weighted by Gasteiger charge is 2.34. The molecule has 0 spiro atoms. The van der Waals surface area contributed by atoms with Gasteiger partial charge in [-0.05, 0) is 60.7 Å². The van der Waals surface area contributed by atoms with Gasteiger partial charge in [0.15, 0.2) is 17.3 Å². The number of piperidine rings is 1. The molecule has 176 valence electrons. The van der Waals surface area contributed by atoms with Gasteiger partial charge in [0.25, 0.3) is 5.56 Å². The molecule has 9 heteroatoms. The van der Waals surface area contributed by atoms with Crippen molar-refractivity contribution in [3.8, 4) is 11.5 Å². The maximum Gasteiger partial charge on any atom is 0.253 e. The molecule has 5 rings (SSSR count).